The van der Waals surface area contributed by atoms with Crippen LogP contribution in [0.2, 0.25) is 5.02 Å². The van der Waals surface area contributed by atoms with Crippen LogP contribution in [0.4, 0.5) is 0 Å². The third-order valence-corrected chi connectivity index (χ3v) is 6.36. The van der Waals surface area contributed by atoms with Gasteiger partial charge in [-0.2, -0.15) is 5.10 Å². The predicted molar refractivity (Wildman–Crippen MR) is 106 cm³/mol. The highest BCUT2D eigenvalue weighted by atomic mass is 35.5. The molecule has 1 aromatic carbocycles. The average Bonchev–Trinajstić information content (AvgIpc) is 3.18. The van der Waals surface area contributed by atoms with Crippen LogP contribution in [0.15, 0.2) is 30.3 Å². The Hall–Kier alpha value is -1.89. The molecule has 0 saturated carbocycles. The van der Waals surface area contributed by atoms with Gasteiger partial charge in [0, 0.05) is 36.1 Å². The van der Waals surface area contributed by atoms with Crippen molar-refractivity contribution in [3.63, 3.8) is 0 Å². The lowest BCUT2D eigenvalue weighted by molar-refractivity contribution is 0.0661. The molecular formula is C19H21ClN4OS. The molecular weight excluding hydrogens is 368 g/mol. The van der Waals surface area contributed by atoms with Crippen molar-refractivity contribution in [1.29, 1.82) is 0 Å². The van der Waals surface area contributed by atoms with Crippen LogP contribution in [-0.4, -0.2) is 46.3 Å². The lowest BCUT2D eigenvalue weighted by atomic mass is 10.2. The first-order chi connectivity index (χ1) is 12.5. The smallest absolute Gasteiger partial charge is 0.264 e. The maximum Gasteiger partial charge on any atom is 0.264 e. The highest BCUT2D eigenvalue weighted by Crippen LogP contribution is 2.30. The summed E-state index contributed by atoms with van der Waals surface area (Å²) in [6.45, 7) is 7.11. The van der Waals surface area contributed by atoms with Gasteiger partial charge >= 0.3 is 0 Å². The Morgan fingerprint density at radius 1 is 1.42 bits per heavy atom. The second kappa shape index (κ2) is 7.02. The molecule has 7 heteroatoms. The van der Waals surface area contributed by atoms with Crippen LogP contribution in [0.1, 0.15) is 27.9 Å². The Kier molecular flexibility index (Phi) is 4.73. The third kappa shape index (κ3) is 3.13. The number of rotatable bonds is 3. The molecule has 5 nitrogen and oxygen atoms in total. The highest BCUT2D eigenvalue weighted by Gasteiger charge is 2.26. The summed E-state index contributed by atoms with van der Waals surface area (Å²) in [4.78, 5) is 16.7. The van der Waals surface area contributed by atoms with E-state index in [0.29, 0.717) is 6.54 Å². The number of benzene rings is 1. The van der Waals surface area contributed by atoms with Gasteiger partial charge in [0.2, 0.25) is 0 Å². The zero-order valence-corrected chi connectivity index (χ0v) is 16.4. The first-order valence-corrected chi connectivity index (χ1v) is 9.96. The zero-order valence-electron chi connectivity index (χ0n) is 14.8. The number of hydrogen-bond donors (Lipinski definition) is 1. The van der Waals surface area contributed by atoms with E-state index in [2.05, 4.69) is 17.3 Å². The molecule has 3 aromatic rings. The van der Waals surface area contributed by atoms with Crippen LogP contribution >= 0.6 is 22.9 Å². The monoisotopic (exact) mass is 388 g/mol. The number of amides is 1. The minimum atomic E-state index is 0.115. The molecule has 1 saturated heterocycles. The summed E-state index contributed by atoms with van der Waals surface area (Å²) in [5.74, 6) is 0.115. The Morgan fingerprint density at radius 3 is 3.00 bits per heavy atom. The van der Waals surface area contributed by atoms with Crippen LogP contribution in [-0.2, 0) is 6.54 Å². The summed E-state index contributed by atoms with van der Waals surface area (Å²) < 4.78 is 1.95. The third-order valence-electron chi connectivity index (χ3n) is 4.86. The van der Waals surface area contributed by atoms with Gasteiger partial charge in [-0.25, -0.2) is 0 Å². The zero-order chi connectivity index (χ0) is 18.3. The number of hydrogen-bond acceptors (Lipinski definition) is 4. The van der Waals surface area contributed by atoms with Crippen molar-refractivity contribution in [1.82, 2.24) is 20.0 Å². The maximum absolute atomic E-state index is 13.0. The number of nitrogens with one attached hydrogen (secondary N) is 1. The molecule has 0 radical (unpaired) electrons. The molecule has 1 amide bonds. The Morgan fingerprint density at radius 2 is 2.23 bits per heavy atom. The number of aryl methyl sites for hydroxylation is 1. The number of fused-ring (bicyclic) bond motifs is 1. The topological polar surface area (TPSA) is 50.2 Å². The van der Waals surface area contributed by atoms with Crippen LogP contribution in [0.5, 0.6) is 0 Å². The quantitative estimate of drug-likeness (QED) is 0.746. The molecule has 136 valence electrons. The number of aromatic nitrogens is 2. The fraction of sp³-hybridized carbons (Fsp3) is 0.368. The number of nitrogens with zero attached hydrogens (tertiary/aromatic N) is 3. The van der Waals surface area contributed by atoms with E-state index in [1.165, 1.54) is 11.3 Å². The Labute approximate surface area is 161 Å². The van der Waals surface area contributed by atoms with Gasteiger partial charge in [-0.15, -0.1) is 11.3 Å². The highest BCUT2D eigenvalue weighted by molar-refractivity contribution is 7.20. The molecule has 1 N–H and O–H groups in total. The minimum absolute atomic E-state index is 0.115. The summed E-state index contributed by atoms with van der Waals surface area (Å²) >= 11 is 7.82. The molecule has 0 spiro atoms. The number of carbonyl (C=O) groups excluding carboxylic acids is 1. The molecule has 26 heavy (non-hydrogen) atoms. The molecule has 3 heterocycles. The van der Waals surface area contributed by atoms with E-state index in [1.807, 2.05) is 46.8 Å². The molecule has 0 unspecified atom stereocenters. The minimum Gasteiger partial charge on any atom is -0.333 e. The van der Waals surface area contributed by atoms with E-state index < -0.39 is 0 Å². The van der Waals surface area contributed by atoms with Gasteiger partial charge in [0.1, 0.15) is 4.83 Å². The van der Waals surface area contributed by atoms with Crippen LogP contribution in [0.25, 0.3) is 10.2 Å². The lowest BCUT2D eigenvalue weighted by Crippen LogP contribution is -2.52. The molecule has 2 aromatic heterocycles. The van der Waals surface area contributed by atoms with Gasteiger partial charge < -0.3 is 10.2 Å². The van der Waals surface area contributed by atoms with Crippen molar-refractivity contribution in [2.75, 3.05) is 19.6 Å². The molecule has 1 fully saturated rings. The predicted octanol–water partition coefficient (Wildman–Crippen LogP) is 3.54. The second-order valence-corrected chi connectivity index (χ2v) is 8.15. The van der Waals surface area contributed by atoms with Gasteiger partial charge in [-0.1, -0.05) is 29.8 Å². The van der Waals surface area contributed by atoms with E-state index in [0.717, 1.165) is 51.0 Å². The van der Waals surface area contributed by atoms with Crippen molar-refractivity contribution in [3.8, 4) is 0 Å². The van der Waals surface area contributed by atoms with Gasteiger partial charge in [0.05, 0.1) is 17.1 Å². The van der Waals surface area contributed by atoms with Gasteiger partial charge in [0.25, 0.3) is 5.91 Å². The number of halogens is 1. The van der Waals surface area contributed by atoms with Crippen molar-refractivity contribution >= 4 is 39.1 Å². The molecule has 0 bridgehead atoms. The van der Waals surface area contributed by atoms with Crippen LogP contribution < -0.4 is 5.32 Å². The average molecular weight is 389 g/mol. The van der Waals surface area contributed by atoms with Gasteiger partial charge in [-0.3, -0.25) is 9.48 Å². The van der Waals surface area contributed by atoms with Crippen molar-refractivity contribution in [3.05, 3.63) is 51.5 Å². The van der Waals surface area contributed by atoms with Crippen molar-refractivity contribution in [2.24, 2.45) is 0 Å². The van der Waals surface area contributed by atoms with E-state index in [-0.39, 0.29) is 11.9 Å². The van der Waals surface area contributed by atoms with Crippen molar-refractivity contribution in [2.45, 2.75) is 26.4 Å². The maximum atomic E-state index is 13.0. The molecule has 1 aliphatic rings. The summed E-state index contributed by atoms with van der Waals surface area (Å²) in [5.41, 5.74) is 1.96. The van der Waals surface area contributed by atoms with Gasteiger partial charge in [0.15, 0.2) is 0 Å². The van der Waals surface area contributed by atoms with Crippen LogP contribution in [0, 0.1) is 6.92 Å². The lowest BCUT2D eigenvalue weighted by Gasteiger charge is -2.33. The number of piperazine rings is 1. The summed E-state index contributed by atoms with van der Waals surface area (Å²) in [5, 5.41) is 9.76. The SMILES string of the molecule is Cc1nn(Cc2ccccc2Cl)c2sc(C(=O)N3CCNC[C@@H]3C)cc12. The largest absolute Gasteiger partial charge is 0.333 e. The Balaban J connectivity index is 1.67. The molecule has 0 aliphatic carbocycles. The van der Waals surface area contributed by atoms with E-state index in [9.17, 15) is 4.79 Å². The Bertz CT molecular complexity index is 964. The molecule has 1 aliphatic heterocycles. The second-order valence-electron chi connectivity index (χ2n) is 6.72. The van der Waals surface area contributed by atoms with E-state index in [1.54, 1.807) is 0 Å². The van der Waals surface area contributed by atoms with E-state index in [4.69, 9.17) is 11.6 Å². The molecule has 1 atom stereocenters. The summed E-state index contributed by atoms with van der Waals surface area (Å²) in [6.07, 6.45) is 0. The first-order valence-electron chi connectivity index (χ1n) is 8.76. The fourth-order valence-corrected chi connectivity index (χ4v) is 4.71. The summed E-state index contributed by atoms with van der Waals surface area (Å²) in [6, 6.07) is 9.99. The first kappa shape index (κ1) is 17.5. The standard InChI is InChI=1S/C19H21ClN4OS/c1-12-10-21-7-8-23(12)18(25)17-9-15-13(2)22-24(19(15)26-17)11-14-5-3-4-6-16(14)20/h3-6,9,12,21H,7-8,10-11H2,1-2H3/t12-/m0/s1. The van der Waals surface area contributed by atoms with Gasteiger partial charge in [-0.05, 0) is 31.5 Å². The number of thiophene rings is 1. The molecule has 4 rings (SSSR count). The fourth-order valence-electron chi connectivity index (χ4n) is 3.40. The van der Waals surface area contributed by atoms with E-state index >= 15 is 0 Å². The van der Waals surface area contributed by atoms with Crippen molar-refractivity contribution < 1.29 is 4.79 Å². The summed E-state index contributed by atoms with van der Waals surface area (Å²) in [7, 11) is 0. The normalized spacial score (nSPS) is 17.8. The number of carbonyl (C=O) groups is 1. The van der Waals surface area contributed by atoms with Crippen LogP contribution in [0.3, 0.4) is 0 Å².